The van der Waals surface area contributed by atoms with Crippen molar-refractivity contribution in [3.8, 4) is 18.1 Å². The summed E-state index contributed by atoms with van der Waals surface area (Å²) in [4.78, 5) is 4.35. The summed E-state index contributed by atoms with van der Waals surface area (Å²) >= 11 is 0. The lowest BCUT2D eigenvalue weighted by molar-refractivity contribution is 0.113. The van der Waals surface area contributed by atoms with E-state index in [9.17, 15) is 0 Å². The van der Waals surface area contributed by atoms with Crippen LogP contribution in [0.5, 0.6) is 5.75 Å². The van der Waals surface area contributed by atoms with Crippen molar-refractivity contribution in [1.82, 2.24) is 5.01 Å². The van der Waals surface area contributed by atoms with Crippen LogP contribution in [-0.4, -0.2) is 58.0 Å². The molecule has 0 aromatic heterocycles. The van der Waals surface area contributed by atoms with Crippen molar-refractivity contribution in [1.29, 1.82) is 0 Å². The number of ether oxygens (including phenoxy) is 4. The van der Waals surface area contributed by atoms with Crippen molar-refractivity contribution in [2.45, 2.75) is 13.0 Å². The summed E-state index contributed by atoms with van der Waals surface area (Å²) in [6.45, 7) is 3.91. The van der Waals surface area contributed by atoms with E-state index in [4.69, 9.17) is 25.4 Å². The molecule has 1 aliphatic heterocycles. The molecule has 1 aromatic carbocycles. The highest BCUT2D eigenvalue weighted by atomic mass is 16.5. The molecular weight excluding hydrogens is 382 g/mol. The van der Waals surface area contributed by atoms with Gasteiger partial charge in [-0.3, -0.25) is 10.4 Å². The molecule has 7 heteroatoms. The van der Waals surface area contributed by atoms with E-state index in [0.717, 1.165) is 28.1 Å². The van der Waals surface area contributed by atoms with E-state index in [1.165, 1.54) is 0 Å². The SMILES string of the molecule is C#Cc1ccc(OCCOC)c(NN2C=NC=C3C=CC(OCCOC)=CC32)c1C. The van der Waals surface area contributed by atoms with Crippen LogP contribution in [0.3, 0.4) is 0 Å². The number of aliphatic imine (C=N–C) groups is 1. The predicted octanol–water partition coefficient (Wildman–Crippen LogP) is 3.04. The number of nitrogens with one attached hydrogen (secondary N) is 1. The molecule has 0 radical (unpaired) electrons. The average molecular weight is 409 g/mol. The summed E-state index contributed by atoms with van der Waals surface area (Å²) in [5, 5.41) is 1.91. The van der Waals surface area contributed by atoms with E-state index in [0.29, 0.717) is 32.2 Å². The van der Waals surface area contributed by atoms with Gasteiger partial charge >= 0.3 is 0 Å². The van der Waals surface area contributed by atoms with Crippen molar-refractivity contribution < 1.29 is 18.9 Å². The molecule has 0 amide bonds. The van der Waals surface area contributed by atoms with Gasteiger partial charge in [0.25, 0.3) is 0 Å². The number of benzene rings is 1. The van der Waals surface area contributed by atoms with Gasteiger partial charge in [0, 0.05) is 26.0 Å². The number of anilines is 1. The van der Waals surface area contributed by atoms with Gasteiger partial charge in [0.05, 0.1) is 19.3 Å². The Morgan fingerprint density at radius 2 is 1.87 bits per heavy atom. The Balaban J connectivity index is 1.84. The highest BCUT2D eigenvalue weighted by Gasteiger charge is 2.25. The molecule has 1 aromatic rings. The molecule has 0 saturated heterocycles. The number of allylic oxidation sites excluding steroid dienone is 1. The van der Waals surface area contributed by atoms with Crippen LogP contribution in [0.25, 0.3) is 0 Å². The molecular formula is C23H27N3O4. The molecule has 0 bridgehead atoms. The monoisotopic (exact) mass is 409 g/mol. The number of rotatable bonds is 10. The van der Waals surface area contributed by atoms with Crippen LogP contribution in [0.1, 0.15) is 11.1 Å². The number of methoxy groups -OCH3 is 2. The number of terminal acetylenes is 1. The Kier molecular flexibility index (Phi) is 7.55. The van der Waals surface area contributed by atoms with E-state index >= 15 is 0 Å². The minimum atomic E-state index is -0.0919. The van der Waals surface area contributed by atoms with Crippen molar-refractivity contribution in [3.05, 3.63) is 59.0 Å². The molecule has 1 unspecified atom stereocenters. The molecule has 158 valence electrons. The summed E-state index contributed by atoms with van der Waals surface area (Å²) in [5.41, 5.74) is 6.97. The predicted molar refractivity (Wildman–Crippen MR) is 117 cm³/mol. The second-order valence-corrected chi connectivity index (χ2v) is 6.70. The van der Waals surface area contributed by atoms with Crippen molar-refractivity contribution in [3.63, 3.8) is 0 Å². The Morgan fingerprint density at radius 1 is 1.10 bits per heavy atom. The zero-order valence-corrected chi connectivity index (χ0v) is 17.6. The van der Waals surface area contributed by atoms with Crippen molar-refractivity contribution >= 4 is 12.0 Å². The quantitative estimate of drug-likeness (QED) is 0.473. The van der Waals surface area contributed by atoms with Gasteiger partial charge in [-0.15, -0.1) is 6.42 Å². The lowest BCUT2D eigenvalue weighted by atomic mass is 10.0. The normalized spacial score (nSPS) is 17.0. The van der Waals surface area contributed by atoms with Crippen LogP contribution in [0.2, 0.25) is 0 Å². The summed E-state index contributed by atoms with van der Waals surface area (Å²) in [5.74, 6) is 4.19. The van der Waals surface area contributed by atoms with Crippen LogP contribution in [0.15, 0.2) is 52.9 Å². The number of fused-ring (bicyclic) bond motifs is 1. The van der Waals surface area contributed by atoms with Gasteiger partial charge < -0.3 is 18.9 Å². The summed E-state index contributed by atoms with van der Waals surface area (Å²) in [6.07, 6.45) is 15.2. The molecule has 3 rings (SSSR count). The van der Waals surface area contributed by atoms with Gasteiger partial charge in [0.1, 0.15) is 36.7 Å². The first-order valence-electron chi connectivity index (χ1n) is 9.70. The van der Waals surface area contributed by atoms with Crippen molar-refractivity contribution in [2.24, 2.45) is 4.99 Å². The second kappa shape index (κ2) is 10.5. The van der Waals surface area contributed by atoms with Crippen LogP contribution < -0.4 is 10.2 Å². The van der Waals surface area contributed by atoms with E-state index < -0.39 is 0 Å². The standard InChI is InChI=1S/C23H27N3O4/c1-5-18-7-9-22(30-13-11-28-4)23(17(18)2)25-26-16-24-15-19-6-8-20(14-21(19)26)29-12-10-27-3/h1,6-9,14-16,21,25H,10-13H2,2-4H3. The zero-order valence-electron chi connectivity index (χ0n) is 17.6. The van der Waals surface area contributed by atoms with Crippen molar-refractivity contribution in [2.75, 3.05) is 46.1 Å². The molecule has 0 saturated carbocycles. The molecule has 7 nitrogen and oxygen atoms in total. The molecule has 0 fully saturated rings. The smallest absolute Gasteiger partial charge is 0.144 e. The molecule has 1 heterocycles. The fourth-order valence-corrected chi connectivity index (χ4v) is 3.11. The zero-order chi connectivity index (χ0) is 21.3. The highest BCUT2D eigenvalue weighted by molar-refractivity contribution is 5.71. The largest absolute Gasteiger partial charge is 0.491 e. The van der Waals surface area contributed by atoms with Gasteiger partial charge in [-0.25, -0.2) is 4.99 Å². The van der Waals surface area contributed by atoms with Gasteiger partial charge in [-0.2, -0.15) is 0 Å². The topological polar surface area (TPSA) is 64.6 Å². The molecule has 1 atom stereocenters. The molecule has 0 spiro atoms. The van der Waals surface area contributed by atoms with Gasteiger partial charge in [0.2, 0.25) is 0 Å². The first-order chi connectivity index (χ1) is 14.7. The molecule has 30 heavy (non-hydrogen) atoms. The summed E-state index contributed by atoms with van der Waals surface area (Å²) in [6, 6.07) is 3.66. The third-order valence-electron chi connectivity index (χ3n) is 4.74. The summed E-state index contributed by atoms with van der Waals surface area (Å²) < 4.78 is 21.8. The maximum atomic E-state index is 5.91. The number of hydrogen-bond donors (Lipinski definition) is 1. The number of hydrogen-bond acceptors (Lipinski definition) is 7. The number of nitrogens with zero attached hydrogens (tertiary/aromatic N) is 2. The lowest BCUT2D eigenvalue weighted by Crippen LogP contribution is -2.41. The van der Waals surface area contributed by atoms with Crippen LogP contribution in [0, 0.1) is 19.3 Å². The minimum absolute atomic E-state index is 0.0919. The molecule has 1 N–H and O–H groups in total. The minimum Gasteiger partial charge on any atom is -0.491 e. The first-order valence-corrected chi connectivity index (χ1v) is 9.70. The molecule has 1 aliphatic carbocycles. The second-order valence-electron chi connectivity index (χ2n) is 6.70. The van der Waals surface area contributed by atoms with E-state index in [1.807, 2.05) is 48.5 Å². The summed E-state index contributed by atoms with van der Waals surface area (Å²) in [7, 11) is 3.29. The molecule has 2 aliphatic rings. The maximum Gasteiger partial charge on any atom is 0.144 e. The Bertz CT molecular complexity index is 912. The maximum absolute atomic E-state index is 5.91. The Hall–Kier alpha value is -3.21. The van der Waals surface area contributed by atoms with Crippen LogP contribution in [0.4, 0.5) is 5.69 Å². The third kappa shape index (κ3) is 5.03. The van der Waals surface area contributed by atoms with Gasteiger partial charge in [-0.05, 0) is 42.3 Å². The van der Waals surface area contributed by atoms with Crippen LogP contribution >= 0.6 is 0 Å². The van der Waals surface area contributed by atoms with Gasteiger partial charge in [-0.1, -0.05) is 12.0 Å². The third-order valence-corrected chi connectivity index (χ3v) is 4.74. The highest BCUT2D eigenvalue weighted by Crippen LogP contribution is 2.33. The fraction of sp³-hybridized carbons (Fsp3) is 0.348. The Labute approximate surface area is 177 Å². The van der Waals surface area contributed by atoms with Gasteiger partial charge in [0.15, 0.2) is 0 Å². The van der Waals surface area contributed by atoms with Crippen LogP contribution in [-0.2, 0) is 14.2 Å². The van der Waals surface area contributed by atoms with E-state index in [-0.39, 0.29) is 6.04 Å². The fourth-order valence-electron chi connectivity index (χ4n) is 3.11. The van der Waals surface area contributed by atoms with E-state index in [2.05, 4.69) is 16.3 Å². The van der Waals surface area contributed by atoms with E-state index in [1.54, 1.807) is 20.6 Å². The average Bonchev–Trinajstić information content (AvgIpc) is 2.76. The lowest BCUT2D eigenvalue weighted by Gasteiger charge is -2.34. The number of hydrazine groups is 1. The Morgan fingerprint density at radius 3 is 2.60 bits per heavy atom. The first kappa shape index (κ1) is 21.5.